The zero-order chi connectivity index (χ0) is 27.9. The summed E-state index contributed by atoms with van der Waals surface area (Å²) >= 11 is 0. The SMILES string of the molecule is c1ccc(-n2c(-c3ccc(-c4ccc(-c5nc6cccnc6n5-c5ccccc5)cc4)cc3)nc3ccccc32)cc1. The van der Waals surface area contributed by atoms with E-state index in [9.17, 15) is 0 Å². The van der Waals surface area contributed by atoms with E-state index in [-0.39, 0.29) is 0 Å². The first-order chi connectivity index (χ1) is 20.8. The van der Waals surface area contributed by atoms with Crippen molar-refractivity contribution in [1.82, 2.24) is 24.1 Å². The minimum absolute atomic E-state index is 0.847. The number of imidazole rings is 2. The van der Waals surface area contributed by atoms with Gasteiger partial charge in [0.1, 0.15) is 17.2 Å². The molecule has 5 heteroatoms. The lowest BCUT2D eigenvalue weighted by Crippen LogP contribution is -1.98. The largest absolute Gasteiger partial charge is 0.292 e. The van der Waals surface area contributed by atoms with Crippen molar-refractivity contribution in [3.05, 3.63) is 152 Å². The van der Waals surface area contributed by atoms with E-state index in [2.05, 4.69) is 117 Å². The van der Waals surface area contributed by atoms with Crippen molar-refractivity contribution >= 4 is 22.2 Å². The van der Waals surface area contributed by atoms with Gasteiger partial charge in [-0.2, -0.15) is 0 Å². The number of pyridine rings is 1. The Kier molecular flexibility index (Phi) is 5.71. The van der Waals surface area contributed by atoms with E-state index in [0.717, 1.165) is 67.5 Å². The number of aromatic nitrogens is 5. The van der Waals surface area contributed by atoms with Crippen LogP contribution < -0.4 is 0 Å². The molecule has 198 valence electrons. The summed E-state index contributed by atoms with van der Waals surface area (Å²) in [6.45, 7) is 0. The van der Waals surface area contributed by atoms with Gasteiger partial charge < -0.3 is 0 Å². The van der Waals surface area contributed by atoms with Crippen molar-refractivity contribution in [2.24, 2.45) is 0 Å². The fourth-order valence-electron chi connectivity index (χ4n) is 5.61. The first-order valence-corrected chi connectivity index (χ1v) is 14.0. The van der Waals surface area contributed by atoms with E-state index in [1.54, 1.807) is 0 Å². The summed E-state index contributed by atoms with van der Waals surface area (Å²) in [5.74, 6) is 1.80. The Hall–Kier alpha value is -5.81. The standard InChI is InChI=1S/C37H25N5/c1-3-10-30(11-4-1)41-34-16-8-7-14-32(34)39-35(41)28-21-17-26(18-22-28)27-19-23-29(24-20-27)36-40-33-15-9-25-38-37(33)42(36)31-12-5-2-6-13-31/h1-25H. The quantitative estimate of drug-likeness (QED) is 0.220. The van der Waals surface area contributed by atoms with Crippen LogP contribution in [0.15, 0.2) is 152 Å². The van der Waals surface area contributed by atoms with Crippen molar-refractivity contribution < 1.29 is 0 Å². The van der Waals surface area contributed by atoms with Crippen LogP contribution in [-0.4, -0.2) is 24.1 Å². The third-order valence-electron chi connectivity index (χ3n) is 7.63. The van der Waals surface area contributed by atoms with Gasteiger partial charge in [-0.3, -0.25) is 9.13 Å². The zero-order valence-electron chi connectivity index (χ0n) is 22.7. The van der Waals surface area contributed by atoms with Gasteiger partial charge in [0, 0.05) is 28.7 Å². The molecule has 0 amide bonds. The van der Waals surface area contributed by atoms with E-state index in [1.807, 2.05) is 48.7 Å². The van der Waals surface area contributed by atoms with Gasteiger partial charge in [0.25, 0.3) is 0 Å². The van der Waals surface area contributed by atoms with Crippen LogP contribution in [0.5, 0.6) is 0 Å². The van der Waals surface area contributed by atoms with Gasteiger partial charge in [0.2, 0.25) is 0 Å². The molecule has 5 aromatic carbocycles. The highest BCUT2D eigenvalue weighted by Gasteiger charge is 2.16. The predicted octanol–water partition coefficient (Wildman–Crippen LogP) is 8.76. The molecule has 0 radical (unpaired) electrons. The lowest BCUT2D eigenvalue weighted by atomic mass is 10.0. The Balaban J connectivity index is 1.16. The second-order valence-corrected chi connectivity index (χ2v) is 10.2. The van der Waals surface area contributed by atoms with Gasteiger partial charge in [-0.25, -0.2) is 15.0 Å². The zero-order valence-corrected chi connectivity index (χ0v) is 22.7. The average molecular weight is 540 g/mol. The van der Waals surface area contributed by atoms with Crippen LogP contribution in [0, 0.1) is 0 Å². The van der Waals surface area contributed by atoms with Crippen molar-refractivity contribution in [3.63, 3.8) is 0 Å². The third kappa shape index (κ3) is 4.07. The van der Waals surface area contributed by atoms with Gasteiger partial charge in [-0.1, -0.05) is 97.1 Å². The molecular formula is C37H25N5. The van der Waals surface area contributed by atoms with Crippen LogP contribution in [-0.2, 0) is 0 Å². The number of hydrogen-bond donors (Lipinski definition) is 0. The highest BCUT2D eigenvalue weighted by atomic mass is 15.1. The van der Waals surface area contributed by atoms with Crippen LogP contribution >= 0.6 is 0 Å². The molecule has 0 aliphatic rings. The lowest BCUT2D eigenvalue weighted by Gasteiger charge is -2.11. The number of hydrogen-bond acceptors (Lipinski definition) is 3. The summed E-state index contributed by atoms with van der Waals surface area (Å²) in [4.78, 5) is 14.6. The highest BCUT2D eigenvalue weighted by Crippen LogP contribution is 2.32. The van der Waals surface area contributed by atoms with E-state index in [4.69, 9.17) is 9.97 Å². The second-order valence-electron chi connectivity index (χ2n) is 10.2. The molecule has 5 nitrogen and oxygen atoms in total. The van der Waals surface area contributed by atoms with E-state index in [1.165, 1.54) is 0 Å². The van der Waals surface area contributed by atoms with Crippen molar-refractivity contribution in [3.8, 4) is 45.3 Å². The average Bonchev–Trinajstić information content (AvgIpc) is 3.65. The third-order valence-corrected chi connectivity index (χ3v) is 7.63. The van der Waals surface area contributed by atoms with E-state index >= 15 is 0 Å². The monoisotopic (exact) mass is 539 g/mol. The van der Waals surface area contributed by atoms with Crippen LogP contribution in [0.1, 0.15) is 0 Å². The molecule has 0 spiro atoms. The van der Waals surface area contributed by atoms with Crippen molar-refractivity contribution in [2.45, 2.75) is 0 Å². The second kappa shape index (κ2) is 9.98. The molecule has 3 heterocycles. The first kappa shape index (κ1) is 24.0. The first-order valence-electron chi connectivity index (χ1n) is 14.0. The molecule has 42 heavy (non-hydrogen) atoms. The molecule has 0 saturated carbocycles. The molecule has 0 N–H and O–H groups in total. The molecule has 0 unspecified atom stereocenters. The maximum Gasteiger partial charge on any atom is 0.164 e. The molecule has 8 rings (SSSR count). The van der Waals surface area contributed by atoms with Gasteiger partial charge in [-0.15, -0.1) is 0 Å². The molecule has 0 saturated heterocycles. The Bertz CT molecular complexity index is 2000. The van der Waals surface area contributed by atoms with Crippen LogP contribution in [0.4, 0.5) is 0 Å². The van der Waals surface area contributed by atoms with Gasteiger partial charge >= 0.3 is 0 Å². The van der Waals surface area contributed by atoms with E-state index < -0.39 is 0 Å². The molecule has 8 aromatic rings. The maximum atomic E-state index is 5.01. The highest BCUT2D eigenvalue weighted by molar-refractivity contribution is 5.84. The van der Waals surface area contributed by atoms with Crippen LogP contribution in [0.25, 0.3) is 67.5 Å². The lowest BCUT2D eigenvalue weighted by molar-refractivity contribution is 1.08. The summed E-state index contributed by atoms with van der Waals surface area (Å²) in [5, 5.41) is 0. The summed E-state index contributed by atoms with van der Waals surface area (Å²) in [7, 11) is 0. The summed E-state index contributed by atoms with van der Waals surface area (Å²) in [5.41, 5.74) is 10.3. The molecule has 0 fully saturated rings. The number of nitrogens with zero attached hydrogens (tertiary/aromatic N) is 5. The number of rotatable bonds is 5. The van der Waals surface area contributed by atoms with Gasteiger partial charge in [0.15, 0.2) is 5.65 Å². The smallest absolute Gasteiger partial charge is 0.164 e. The minimum Gasteiger partial charge on any atom is -0.292 e. The molecule has 0 aliphatic heterocycles. The summed E-state index contributed by atoms with van der Waals surface area (Å²) in [6, 6.07) is 50.1. The van der Waals surface area contributed by atoms with Crippen LogP contribution in [0.3, 0.4) is 0 Å². The van der Waals surface area contributed by atoms with Crippen molar-refractivity contribution in [2.75, 3.05) is 0 Å². The van der Waals surface area contributed by atoms with Crippen molar-refractivity contribution in [1.29, 1.82) is 0 Å². The maximum absolute atomic E-state index is 5.01. The normalized spacial score (nSPS) is 11.3. The van der Waals surface area contributed by atoms with Crippen LogP contribution in [0.2, 0.25) is 0 Å². The fraction of sp³-hybridized carbons (Fsp3) is 0. The fourth-order valence-corrected chi connectivity index (χ4v) is 5.61. The minimum atomic E-state index is 0.847. The topological polar surface area (TPSA) is 48.5 Å². The van der Waals surface area contributed by atoms with E-state index in [0.29, 0.717) is 0 Å². The van der Waals surface area contributed by atoms with Gasteiger partial charge in [0.05, 0.1) is 11.0 Å². The van der Waals surface area contributed by atoms with Gasteiger partial charge in [-0.05, 0) is 59.7 Å². The summed E-state index contributed by atoms with van der Waals surface area (Å²) < 4.78 is 4.35. The summed E-state index contributed by atoms with van der Waals surface area (Å²) in [6.07, 6.45) is 1.81. The number of para-hydroxylation sites is 4. The molecule has 0 aliphatic carbocycles. The Morgan fingerprint density at radius 1 is 0.381 bits per heavy atom. The Morgan fingerprint density at radius 2 is 0.857 bits per heavy atom. The Morgan fingerprint density at radius 3 is 1.50 bits per heavy atom. The predicted molar refractivity (Wildman–Crippen MR) is 170 cm³/mol. The number of fused-ring (bicyclic) bond motifs is 2. The molecule has 0 atom stereocenters. The molecule has 3 aromatic heterocycles. The Labute approximate surface area is 243 Å². The molecular weight excluding hydrogens is 514 g/mol. The molecule has 0 bridgehead atoms. The number of benzene rings is 5.